The van der Waals surface area contributed by atoms with Crippen molar-refractivity contribution >= 4 is 83.9 Å². The minimum absolute atomic E-state index is 0.270. The molecular formula is C24H28Br2N2OS2. The minimum atomic E-state index is 0.270. The van der Waals surface area contributed by atoms with Crippen LogP contribution in [0.5, 0.6) is 0 Å². The first-order valence-corrected chi connectivity index (χ1v) is 14.1. The minimum Gasteiger partial charge on any atom is -0.293 e. The normalized spacial score (nSPS) is 11.7. The van der Waals surface area contributed by atoms with E-state index < -0.39 is 0 Å². The standard InChI is InChI=1S/C24H28Br2N2OS2/c1-2-3-4-5-6-7-8-9-10-11-20(29)21-15-14-18(30-21)13-12-17-16-19(25)23-24(22(17)26)28-31-27-23/h12-16H,2-11H2,1H3/b13-12+. The Morgan fingerprint density at radius 2 is 1.61 bits per heavy atom. The van der Waals surface area contributed by atoms with Gasteiger partial charge in [-0.2, -0.15) is 8.75 Å². The van der Waals surface area contributed by atoms with Crippen LogP contribution < -0.4 is 0 Å². The molecule has 2 aromatic heterocycles. The molecule has 2 heterocycles. The summed E-state index contributed by atoms with van der Waals surface area (Å²) in [6.07, 6.45) is 16.2. The van der Waals surface area contributed by atoms with Crippen molar-refractivity contribution in [2.24, 2.45) is 0 Å². The number of carbonyl (C=O) groups excluding carboxylic acids is 1. The Kier molecular flexibility index (Phi) is 10.4. The molecule has 31 heavy (non-hydrogen) atoms. The number of hydrogen-bond acceptors (Lipinski definition) is 5. The number of carbonyl (C=O) groups is 1. The van der Waals surface area contributed by atoms with Gasteiger partial charge in [0.05, 0.1) is 21.1 Å². The molecule has 0 amide bonds. The number of aromatic nitrogens is 2. The monoisotopic (exact) mass is 582 g/mol. The van der Waals surface area contributed by atoms with Gasteiger partial charge < -0.3 is 0 Å². The molecule has 166 valence electrons. The van der Waals surface area contributed by atoms with E-state index in [-0.39, 0.29) is 5.78 Å². The first-order chi connectivity index (χ1) is 15.1. The number of Topliss-reactive ketones (excluding diaryl/α,β-unsaturated/α-hetero) is 1. The van der Waals surface area contributed by atoms with Gasteiger partial charge in [0.1, 0.15) is 11.0 Å². The highest BCUT2D eigenvalue weighted by Crippen LogP contribution is 2.33. The second-order valence-electron chi connectivity index (χ2n) is 7.76. The van der Waals surface area contributed by atoms with Crippen LogP contribution in [-0.4, -0.2) is 14.5 Å². The molecule has 0 spiro atoms. The summed E-state index contributed by atoms with van der Waals surface area (Å²) in [6.45, 7) is 2.25. The summed E-state index contributed by atoms with van der Waals surface area (Å²) < 4.78 is 10.5. The van der Waals surface area contributed by atoms with E-state index in [2.05, 4.69) is 53.6 Å². The van der Waals surface area contributed by atoms with E-state index in [4.69, 9.17) is 0 Å². The van der Waals surface area contributed by atoms with Crippen LogP contribution in [0, 0.1) is 0 Å². The van der Waals surface area contributed by atoms with Gasteiger partial charge in [-0.3, -0.25) is 4.79 Å². The molecule has 0 N–H and O–H groups in total. The predicted molar refractivity (Wildman–Crippen MR) is 142 cm³/mol. The number of ketones is 1. The number of rotatable bonds is 13. The molecule has 0 radical (unpaired) electrons. The second kappa shape index (κ2) is 13.0. The quantitative estimate of drug-likeness (QED) is 0.148. The number of unbranched alkanes of at least 4 members (excludes halogenated alkanes) is 8. The number of thiophene rings is 1. The molecule has 0 atom stereocenters. The largest absolute Gasteiger partial charge is 0.293 e. The van der Waals surface area contributed by atoms with Crippen LogP contribution >= 0.6 is 54.9 Å². The van der Waals surface area contributed by atoms with Crippen LogP contribution in [0.2, 0.25) is 0 Å². The summed E-state index contributed by atoms with van der Waals surface area (Å²) in [5.41, 5.74) is 2.76. The van der Waals surface area contributed by atoms with Gasteiger partial charge in [0.2, 0.25) is 0 Å². The van der Waals surface area contributed by atoms with Crippen molar-refractivity contribution in [3.63, 3.8) is 0 Å². The van der Waals surface area contributed by atoms with Crippen molar-refractivity contribution in [2.75, 3.05) is 0 Å². The van der Waals surface area contributed by atoms with Gasteiger partial charge in [0.25, 0.3) is 0 Å². The molecule has 0 saturated carbocycles. The SMILES string of the molecule is CCCCCCCCCCCC(=O)c1ccc(/C=C/c2cc(Br)c3nsnc3c2Br)s1. The Bertz CT molecular complexity index is 1030. The number of halogens is 2. The first-order valence-electron chi connectivity index (χ1n) is 11.0. The van der Waals surface area contributed by atoms with Gasteiger partial charge >= 0.3 is 0 Å². The Hall–Kier alpha value is -0.890. The molecule has 0 aliphatic carbocycles. The smallest absolute Gasteiger partial charge is 0.172 e. The van der Waals surface area contributed by atoms with Crippen LogP contribution in [0.15, 0.2) is 27.1 Å². The molecular weight excluding hydrogens is 556 g/mol. The van der Waals surface area contributed by atoms with E-state index in [1.165, 1.54) is 56.7 Å². The molecule has 1 aromatic carbocycles. The average Bonchev–Trinajstić information content (AvgIpc) is 3.44. The van der Waals surface area contributed by atoms with Crippen molar-refractivity contribution in [2.45, 2.75) is 71.1 Å². The van der Waals surface area contributed by atoms with Crippen LogP contribution in [0.1, 0.15) is 91.2 Å². The van der Waals surface area contributed by atoms with E-state index in [1.807, 2.05) is 24.3 Å². The highest BCUT2D eigenvalue weighted by molar-refractivity contribution is 9.11. The van der Waals surface area contributed by atoms with Gasteiger partial charge in [-0.25, -0.2) is 0 Å². The summed E-state index contributed by atoms with van der Waals surface area (Å²) in [6, 6.07) is 6.02. The fraction of sp³-hybridized carbons (Fsp3) is 0.458. The molecule has 3 rings (SSSR count). The number of fused-ring (bicyclic) bond motifs is 1. The van der Waals surface area contributed by atoms with Gasteiger partial charge in [0, 0.05) is 15.8 Å². The van der Waals surface area contributed by atoms with Crippen molar-refractivity contribution in [1.82, 2.24) is 8.75 Å². The van der Waals surface area contributed by atoms with Crippen molar-refractivity contribution in [3.05, 3.63) is 42.5 Å². The maximum Gasteiger partial charge on any atom is 0.172 e. The zero-order valence-corrected chi connectivity index (χ0v) is 22.6. The lowest BCUT2D eigenvalue weighted by Crippen LogP contribution is -1.95. The Morgan fingerprint density at radius 3 is 2.35 bits per heavy atom. The molecule has 0 unspecified atom stereocenters. The van der Waals surface area contributed by atoms with Crippen molar-refractivity contribution in [1.29, 1.82) is 0 Å². The molecule has 0 bridgehead atoms. The highest BCUT2D eigenvalue weighted by Gasteiger charge is 2.12. The molecule has 3 nitrogen and oxygen atoms in total. The third-order valence-corrected chi connectivity index (χ3v) is 8.35. The lowest BCUT2D eigenvalue weighted by Gasteiger charge is -2.01. The fourth-order valence-electron chi connectivity index (χ4n) is 3.50. The van der Waals surface area contributed by atoms with E-state index in [0.29, 0.717) is 6.42 Å². The summed E-state index contributed by atoms with van der Waals surface area (Å²) >= 11 is 9.98. The third kappa shape index (κ3) is 7.31. The fourth-order valence-corrected chi connectivity index (χ4v) is 6.22. The van der Waals surface area contributed by atoms with Crippen molar-refractivity contribution in [3.8, 4) is 0 Å². The third-order valence-electron chi connectivity index (χ3n) is 5.29. The first kappa shape index (κ1) is 24.7. The van der Waals surface area contributed by atoms with Gasteiger partial charge in [-0.15, -0.1) is 11.3 Å². The maximum atomic E-state index is 12.5. The summed E-state index contributed by atoms with van der Waals surface area (Å²) in [4.78, 5) is 14.5. The lowest BCUT2D eigenvalue weighted by atomic mass is 10.1. The number of hydrogen-bond donors (Lipinski definition) is 0. The second-order valence-corrected chi connectivity index (χ2v) is 11.1. The predicted octanol–water partition coefficient (Wildman–Crippen LogP) is 9.55. The van der Waals surface area contributed by atoms with Gasteiger partial charge in [0.15, 0.2) is 5.78 Å². The van der Waals surface area contributed by atoms with Crippen LogP contribution in [0.3, 0.4) is 0 Å². The molecule has 0 fully saturated rings. The van der Waals surface area contributed by atoms with Crippen LogP contribution in [0.25, 0.3) is 23.2 Å². The van der Waals surface area contributed by atoms with Gasteiger partial charge in [-0.05, 0) is 68.1 Å². The number of nitrogens with zero attached hydrogens (tertiary/aromatic N) is 2. The Labute approximate surface area is 209 Å². The Morgan fingerprint density at radius 1 is 0.935 bits per heavy atom. The van der Waals surface area contributed by atoms with E-state index in [1.54, 1.807) is 11.3 Å². The van der Waals surface area contributed by atoms with E-state index in [0.717, 1.165) is 48.1 Å². The number of benzene rings is 1. The van der Waals surface area contributed by atoms with Crippen LogP contribution in [0.4, 0.5) is 0 Å². The zero-order valence-electron chi connectivity index (χ0n) is 17.8. The molecule has 7 heteroatoms. The van der Waals surface area contributed by atoms with E-state index in [9.17, 15) is 4.79 Å². The lowest BCUT2D eigenvalue weighted by molar-refractivity contribution is 0.0983. The topological polar surface area (TPSA) is 42.9 Å². The molecule has 0 saturated heterocycles. The summed E-state index contributed by atoms with van der Waals surface area (Å²) in [7, 11) is 0. The van der Waals surface area contributed by atoms with Crippen LogP contribution in [-0.2, 0) is 0 Å². The van der Waals surface area contributed by atoms with E-state index >= 15 is 0 Å². The summed E-state index contributed by atoms with van der Waals surface area (Å²) in [5, 5.41) is 0. The molecule has 3 aromatic rings. The van der Waals surface area contributed by atoms with Gasteiger partial charge in [-0.1, -0.05) is 64.4 Å². The molecule has 0 aliphatic heterocycles. The van der Waals surface area contributed by atoms with Crippen molar-refractivity contribution < 1.29 is 4.79 Å². The average molecular weight is 584 g/mol. The maximum absolute atomic E-state index is 12.5. The highest BCUT2D eigenvalue weighted by atomic mass is 79.9. The zero-order chi connectivity index (χ0) is 22.1. The summed E-state index contributed by atoms with van der Waals surface area (Å²) in [5.74, 6) is 0.270. The Balaban J connectivity index is 1.46. The molecule has 0 aliphatic rings.